The Labute approximate surface area is 117 Å². The maximum absolute atomic E-state index is 11.8. The number of carbonyl (C=O) groups is 1. The van der Waals surface area contributed by atoms with Crippen molar-refractivity contribution in [3.8, 4) is 5.75 Å². The second kappa shape index (κ2) is 7.41. The number of hydrogen-bond donors (Lipinski definition) is 1. The lowest BCUT2D eigenvalue weighted by atomic mass is 10.2. The molecule has 0 spiro atoms. The Balaban J connectivity index is 2.83. The molecule has 0 bridgehead atoms. The van der Waals surface area contributed by atoms with Gasteiger partial charge in [-0.3, -0.25) is 4.79 Å². The molecule has 4 heteroatoms. The van der Waals surface area contributed by atoms with Gasteiger partial charge in [0.25, 0.3) is 0 Å². The molecule has 0 aromatic heterocycles. The second-order valence-corrected chi connectivity index (χ2v) is 5.32. The first-order valence-electron chi connectivity index (χ1n) is 6.26. The van der Waals surface area contributed by atoms with Gasteiger partial charge in [-0.25, -0.2) is 0 Å². The number of halogens is 1. The predicted molar refractivity (Wildman–Crippen MR) is 78.6 cm³/mol. The third-order valence-corrected chi connectivity index (χ3v) is 3.56. The molecule has 1 N–H and O–H groups in total. The number of ether oxygens (including phenoxy) is 1. The molecule has 1 aromatic rings. The molecule has 1 aromatic carbocycles. The molecule has 1 atom stereocenters. The first-order chi connectivity index (χ1) is 8.58. The molecule has 18 heavy (non-hydrogen) atoms. The zero-order valence-electron chi connectivity index (χ0n) is 11.1. The summed E-state index contributed by atoms with van der Waals surface area (Å²) in [5, 5.41) is 2.89. The maximum Gasteiger partial charge on any atom is 0.238 e. The third-order valence-electron chi connectivity index (χ3n) is 2.50. The fourth-order valence-electron chi connectivity index (χ4n) is 1.46. The Kier molecular flexibility index (Phi) is 6.19. The molecular formula is C14H20BrNO2. The lowest BCUT2D eigenvalue weighted by Gasteiger charge is -2.14. The molecule has 0 saturated heterocycles. The number of benzene rings is 1. The molecule has 3 nitrogen and oxygen atoms in total. The van der Waals surface area contributed by atoms with Crippen molar-refractivity contribution < 1.29 is 9.53 Å². The van der Waals surface area contributed by atoms with E-state index in [4.69, 9.17) is 4.74 Å². The molecule has 0 radical (unpaired) electrons. The zero-order valence-corrected chi connectivity index (χ0v) is 12.7. The predicted octanol–water partition coefficient (Wildman–Crippen LogP) is 3.90. The Morgan fingerprint density at radius 2 is 2.17 bits per heavy atom. The van der Waals surface area contributed by atoms with Gasteiger partial charge in [0.15, 0.2) is 0 Å². The van der Waals surface area contributed by atoms with Gasteiger partial charge in [-0.1, -0.05) is 35.8 Å². The molecule has 1 rings (SSSR count). The minimum atomic E-state index is -0.169. The van der Waals surface area contributed by atoms with E-state index in [1.165, 1.54) is 0 Å². The summed E-state index contributed by atoms with van der Waals surface area (Å²) in [6, 6.07) is 5.79. The van der Waals surface area contributed by atoms with Crippen molar-refractivity contribution in [2.24, 2.45) is 0 Å². The maximum atomic E-state index is 11.8. The second-order valence-electron chi connectivity index (χ2n) is 4.21. The molecule has 0 heterocycles. The van der Waals surface area contributed by atoms with Gasteiger partial charge in [0, 0.05) is 0 Å². The minimum absolute atomic E-state index is 0.0392. The molecule has 1 amide bonds. The summed E-state index contributed by atoms with van der Waals surface area (Å²) in [6.07, 6.45) is 1.69. The number of alkyl halides is 1. The first kappa shape index (κ1) is 15.0. The van der Waals surface area contributed by atoms with E-state index in [1.54, 1.807) is 0 Å². The lowest BCUT2D eigenvalue weighted by molar-refractivity contribution is -0.115. The highest BCUT2D eigenvalue weighted by atomic mass is 79.9. The van der Waals surface area contributed by atoms with Gasteiger partial charge in [0.05, 0.1) is 17.1 Å². The SMILES string of the molecule is CCCOc1cc(C)ccc1NC(=O)C(Br)CC. The Hall–Kier alpha value is -1.03. The van der Waals surface area contributed by atoms with Gasteiger partial charge in [0.1, 0.15) is 5.75 Å². The molecule has 1 unspecified atom stereocenters. The topological polar surface area (TPSA) is 38.3 Å². The van der Waals surface area contributed by atoms with Gasteiger partial charge < -0.3 is 10.1 Å². The first-order valence-corrected chi connectivity index (χ1v) is 7.18. The van der Waals surface area contributed by atoms with Crippen LogP contribution in [0.5, 0.6) is 5.75 Å². The Morgan fingerprint density at radius 1 is 1.44 bits per heavy atom. The van der Waals surface area contributed by atoms with Gasteiger partial charge in [-0.15, -0.1) is 0 Å². The van der Waals surface area contributed by atoms with Crippen LogP contribution in [-0.2, 0) is 4.79 Å². The fourth-order valence-corrected chi connectivity index (χ4v) is 1.58. The number of rotatable bonds is 6. The summed E-state index contributed by atoms with van der Waals surface area (Å²) in [5.41, 5.74) is 1.85. The summed E-state index contributed by atoms with van der Waals surface area (Å²) in [4.78, 5) is 11.7. The summed E-state index contributed by atoms with van der Waals surface area (Å²) in [7, 11) is 0. The monoisotopic (exact) mass is 313 g/mol. The van der Waals surface area contributed by atoms with Crippen molar-refractivity contribution in [2.75, 3.05) is 11.9 Å². The van der Waals surface area contributed by atoms with E-state index in [0.717, 1.165) is 29.8 Å². The van der Waals surface area contributed by atoms with Crippen LogP contribution in [0.2, 0.25) is 0 Å². The standard InChI is InChI=1S/C14H20BrNO2/c1-4-8-18-13-9-10(3)6-7-12(13)16-14(17)11(15)5-2/h6-7,9,11H,4-5,8H2,1-3H3,(H,16,17). The summed E-state index contributed by atoms with van der Waals surface area (Å²) >= 11 is 3.34. The van der Waals surface area contributed by atoms with Gasteiger partial charge in [-0.2, -0.15) is 0 Å². The number of carbonyl (C=O) groups excluding carboxylic acids is 1. The third kappa shape index (κ3) is 4.33. The van der Waals surface area contributed by atoms with Crippen LogP contribution in [0.15, 0.2) is 18.2 Å². The van der Waals surface area contributed by atoms with Crippen molar-refractivity contribution in [2.45, 2.75) is 38.4 Å². The van der Waals surface area contributed by atoms with Crippen LogP contribution >= 0.6 is 15.9 Å². The summed E-state index contributed by atoms with van der Waals surface area (Å²) < 4.78 is 5.65. The number of nitrogens with one attached hydrogen (secondary N) is 1. The Bertz CT molecular complexity index is 407. The van der Waals surface area contributed by atoms with Crippen LogP contribution in [0, 0.1) is 6.92 Å². The van der Waals surface area contributed by atoms with E-state index in [-0.39, 0.29) is 10.7 Å². The van der Waals surface area contributed by atoms with Crippen LogP contribution in [0.3, 0.4) is 0 Å². The fraction of sp³-hybridized carbons (Fsp3) is 0.500. The average Bonchev–Trinajstić information content (AvgIpc) is 2.37. The normalized spacial score (nSPS) is 12.0. The van der Waals surface area contributed by atoms with Gasteiger partial charge in [-0.05, 0) is 37.5 Å². The smallest absolute Gasteiger partial charge is 0.238 e. The van der Waals surface area contributed by atoms with Crippen molar-refractivity contribution in [1.29, 1.82) is 0 Å². The van der Waals surface area contributed by atoms with Crippen molar-refractivity contribution in [1.82, 2.24) is 0 Å². The van der Waals surface area contributed by atoms with Crippen molar-refractivity contribution in [3.05, 3.63) is 23.8 Å². The molecule has 0 aliphatic carbocycles. The molecule has 100 valence electrons. The number of aryl methyl sites for hydroxylation is 1. The van der Waals surface area contributed by atoms with E-state index < -0.39 is 0 Å². The molecule has 0 aliphatic rings. The molecule has 0 saturated carbocycles. The minimum Gasteiger partial charge on any atom is -0.491 e. The van der Waals surface area contributed by atoms with E-state index in [1.807, 2.05) is 32.0 Å². The van der Waals surface area contributed by atoms with Crippen LogP contribution in [0.1, 0.15) is 32.3 Å². The molecular weight excluding hydrogens is 294 g/mol. The van der Waals surface area contributed by atoms with Crippen LogP contribution in [0.25, 0.3) is 0 Å². The molecule has 0 fully saturated rings. The van der Waals surface area contributed by atoms with E-state index in [2.05, 4.69) is 28.2 Å². The van der Waals surface area contributed by atoms with Crippen LogP contribution in [-0.4, -0.2) is 17.3 Å². The molecule has 0 aliphatic heterocycles. The van der Waals surface area contributed by atoms with Crippen molar-refractivity contribution >= 4 is 27.5 Å². The summed E-state index contributed by atoms with van der Waals surface area (Å²) in [6.45, 7) is 6.67. The highest BCUT2D eigenvalue weighted by molar-refractivity contribution is 9.10. The zero-order chi connectivity index (χ0) is 13.5. The number of hydrogen-bond acceptors (Lipinski definition) is 2. The van der Waals surface area contributed by atoms with Crippen LogP contribution in [0.4, 0.5) is 5.69 Å². The lowest BCUT2D eigenvalue weighted by Crippen LogP contribution is -2.22. The van der Waals surface area contributed by atoms with Crippen LogP contribution < -0.4 is 10.1 Å². The van der Waals surface area contributed by atoms with E-state index in [0.29, 0.717) is 6.61 Å². The highest BCUT2D eigenvalue weighted by Crippen LogP contribution is 2.26. The average molecular weight is 314 g/mol. The Morgan fingerprint density at radius 3 is 2.78 bits per heavy atom. The number of anilines is 1. The highest BCUT2D eigenvalue weighted by Gasteiger charge is 2.14. The summed E-state index contributed by atoms with van der Waals surface area (Å²) in [5.74, 6) is 0.698. The van der Waals surface area contributed by atoms with E-state index >= 15 is 0 Å². The van der Waals surface area contributed by atoms with Crippen molar-refractivity contribution in [3.63, 3.8) is 0 Å². The van der Waals surface area contributed by atoms with Gasteiger partial charge >= 0.3 is 0 Å². The van der Waals surface area contributed by atoms with E-state index in [9.17, 15) is 4.79 Å². The quantitative estimate of drug-likeness (QED) is 0.809. The number of amides is 1. The largest absolute Gasteiger partial charge is 0.491 e. The van der Waals surface area contributed by atoms with Gasteiger partial charge in [0.2, 0.25) is 5.91 Å².